The van der Waals surface area contributed by atoms with E-state index in [0.29, 0.717) is 6.54 Å². The summed E-state index contributed by atoms with van der Waals surface area (Å²) in [6, 6.07) is 22.2. The van der Waals surface area contributed by atoms with E-state index in [2.05, 4.69) is 34.3 Å². The molecule has 32 heavy (non-hydrogen) atoms. The van der Waals surface area contributed by atoms with E-state index in [0.717, 1.165) is 43.8 Å². The van der Waals surface area contributed by atoms with Crippen LogP contribution in [-0.2, 0) is 6.54 Å². The largest absolute Gasteiger partial charge is 0.497 e. The molecule has 0 amide bonds. The van der Waals surface area contributed by atoms with Gasteiger partial charge >= 0.3 is 0 Å². The lowest BCUT2D eigenvalue weighted by atomic mass is 10.2. The van der Waals surface area contributed by atoms with Crippen molar-refractivity contribution < 1.29 is 4.74 Å². The Kier molecular flexibility index (Phi) is 5.56. The number of ether oxygens (including phenoxy) is 1. The first-order valence-electron chi connectivity index (χ1n) is 10.2. The molecule has 2 aromatic carbocycles. The quantitative estimate of drug-likeness (QED) is 0.371. The molecule has 5 rings (SSSR count). The minimum absolute atomic E-state index is 0.645. The van der Waals surface area contributed by atoms with Crippen molar-refractivity contribution >= 4 is 22.8 Å². The topological polar surface area (TPSA) is 51.5 Å². The number of fused-ring (bicyclic) bond motifs is 1. The molecule has 0 saturated heterocycles. The smallest absolute Gasteiger partial charge is 0.157 e. The summed E-state index contributed by atoms with van der Waals surface area (Å²) in [5.41, 5.74) is 3.81. The average molecular weight is 437 g/mol. The minimum Gasteiger partial charge on any atom is -0.497 e. The van der Waals surface area contributed by atoms with Crippen LogP contribution in [0.4, 0.5) is 5.82 Å². The molecule has 0 unspecified atom stereocenters. The van der Waals surface area contributed by atoms with Crippen LogP contribution < -0.4 is 10.1 Å². The molecule has 3 aromatic heterocycles. The van der Waals surface area contributed by atoms with Gasteiger partial charge in [0.15, 0.2) is 5.65 Å². The van der Waals surface area contributed by atoms with Gasteiger partial charge in [-0.15, -0.1) is 11.3 Å². The summed E-state index contributed by atoms with van der Waals surface area (Å²) in [4.78, 5) is 11.1. The lowest BCUT2D eigenvalue weighted by Gasteiger charge is -2.09. The van der Waals surface area contributed by atoms with Crippen molar-refractivity contribution in [2.75, 3.05) is 12.4 Å². The standard InChI is InChI=1S/C26H20N4OS/c1-31-21-9-5-8-20(16-21)17-28-26-25(29-24-18-27-14-15-30(24)26)23-13-12-22(32-23)11-10-19-6-3-2-4-7-19/h2-9,12-16,18,28H,17H2,1H3. The third-order valence-corrected chi connectivity index (χ3v) is 5.97. The molecule has 5 nitrogen and oxygen atoms in total. The number of benzene rings is 2. The van der Waals surface area contributed by atoms with Crippen LogP contribution in [0.5, 0.6) is 5.75 Å². The predicted octanol–water partition coefficient (Wildman–Crippen LogP) is 5.48. The first-order valence-corrected chi connectivity index (χ1v) is 11.0. The second-order valence-corrected chi connectivity index (χ2v) is 8.18. The van der Waals surface area contributed by atoms with Crippen molar-refractivity contribution in [3.05, 3.63) is 101 Å². The summed E-state index contributed by atoms with van der Waals surface area (Å²) < 4.78 is 7.37. The molecule has 5 aromatic rings. The van der Waals surface area contributed by atoms with Crippen LogP contribution >= 0.6 is 11.3 Å². The SMILES string of the molecule is COc1cccc(CNc2c(-c3ccc(C#Cc4ccccc4)s3)nc3cnccn23)c1. The van der Waals surface area contributed by atoms with Gasteiger partial charge in [-0.2, -0.15) is 0 Å². The number of hydrogen-bond donors (Lipinski definition) is 1. The first kappa shape index (κ1) is 19.9. The summed E-state index contributed by atoms with van der Waals surface area (Å²) >= 11 is 1.63. The normalized spacial score (nSPS) is 10.5. The molecular weight excluding hydrogens is 416 g/mol. The van der Waals surface area contributed by atoms with Gasteiger partial charge in [0.25, 0.3) is 0 Å². The lowest BCUT2D eigenvalue weighted by Crippen LogP contribution is -2.03. The van der Waals surface area contributed by atoms with E-state index >= 15 is 0 Å². The number of imidazole rings is 1. The van der Waals surface area contributed by atoms with Crippen molar-refractivity contribution in [3.8, 4) is 28.2 Å². The van der Waals surface area contributed by atoms with Crippen LogP contribution in [0.1, 0.15) is 16.0 Å². The van der Waals surface area contributed by atoms with Gasteiger partial charge in [0.2, 0.25) is 0 Å². The van der Waals surface area contributed by atoms with E-state index < -0.39 is 0 Å². The molecule has 0 radical (unpaired) electrons. The van der Waals surface area contributed by atoms with Crippen molar-refractivity contribution in [3.63, 3.8) is 0 Å². The second-order valence-electron chi connectivity index (χ2n) is 7.10. The molecule has 0 saturated carbocycles. The third-order valence-electron chi connectivity index (χ3n) is 4.97. The monoisotopic (exact) mass is 436 g/mol. The molecule has 6 heteroatoms. The minimum atomic E-state index is 0.645. The zero-order valence-electron chi connectivity index (χ0n) is 17.4. The number of aromatic nitrogens is 3. The van der Waals surface area contributed by atoms with Gasteiger partial charge in [0.05, 0.1) is 23.1 Å². The Bertz CT molecular complexity index is 1430. The van der Waals surface area contributed by atoms with Crippen LogP contribution in [0, 0.1) is 11.8 Å². The Morgan fingerprint density at radius 2 is 1.94 bits per heavy atom. The van der Waals surface area contributed by atoms with E-state index in [1.165, 1.54) is 0 Å². The fourth-order valence-corrected chi connectivity index (χ4v) is 4.25. The van der Waals surface area contributed by atoms with Crippen LogP contribution in [0.3, 0.4) is 0 Å². The number of rotatable bonds is 5. The van der Waals surface area contributed by atoms with Gasteiger partial charge in [-0.3, -0.25) is 9.38 Å². The van der Waals surface area contributed by atoms with Gasteiger partial charge in [-0.25, -0.2) is 4.98 Å². The highest BCUT2D eigenvalue weighted by Gasteiger charge is 2.16. The van der Waals surface area contributed by atoms with Crippen molar-refractivity contribution in [2.24, 2.45) is 0 Å². The van der Waals surface area contributed by atoms with E-state index in [1.807, 2.05) is 65.2 Å². The van der Waals surface area contributed by atoms with Gasteiger partial charge in [0.1, 0.15) is 17.3 Å². The fourth-order valence-electron chi connectivity index (χ4n) is 3.40. The summed E-state index contributed by atoms with van der Waals surface area (Å²) in [7, 11) is 1.68. The van der Waals surface area contributed by atoms with Gasteiger partial charge in [-0.1, -0.05) is 42.2 Å². The maximum absolute atomic E-state index is 5.35. The molecule has 0 fully saturated rings. The van der Waals surface area contributed by atoms with Crippen LogP contribution in [-0.4, -0.2) is 21.5 Å². The van der Waals surface area contributed by atoms with E-state index in [9.17, 15) is 0 Å². The molecule has 0 aliphatic rings. The molecule has 0 atom stereocenters. The summed E-state index contributed by atoms with van der Waals surface area (Å²) in [6.45, 7) is 0.645. The average Bonchev–Trinajstić information content (AvgIpc) is 3.47. The summed E-state index contributed by atoms with van der Waals surface area (Å²) in [5, 5.41) is 3.56. The number of methoxy groups -OCH3 is 1. The Morgan fingerprint density at radius 3 is 2.81 bits per heavy atom. The molecule has 3 heterocycles. The number of hydrogen-bond acceptors (Lipinski definition) is 5. The maximum Gasteiger partial charge on any atom is 0.157 e. The predicted molar refractivity (Wildman–Crippen MR) is 129 cm³/mol. The highest BCUT2D eigenvalue weighted by atomic mass is 32.1. The molecule has 0 bridgehead atoms. The zero-order valence-corrected chi connectivity index (χ0v) is 18.3. The van der Waals surface area contributed by atoms with Gasteiger partial charge in [-0.05, 0) is 42.0 Å². The van der Waals surface area contributed by atoms with Crippen LogP contribution in [0.2, 0.25) is 0 Å². The molecule has 1 N–H and O–H groups in total. The lowest BCUT2D eigenvalue weighted by molar-refractivity contribution is 0.414. The highest BCUT2D eigenvalue weighted by Crippen LogP contribution is 2.34. The molecule has 0 spiro atoms. The van der Waals surface area contributed by atoms with Gasteiger partial charge < -0.3 is 10.1 Å². The Hall–Kier alpha value is -4.08. The fraction of sp³-hybridized carbons (Fsp3) is 0.0769. The molecule has 0 aliphatic carbocycles. The molecule has 0 aliphatic heterocycles. The van der Waals surface area contributed by atoms with Crippen molar-refractivity contribution in [1.82, 2.24) is 14.4 Å². The number of nitrogens with one attached hydrogen (secondary N) is 1. The van der Waals surface area contributed by atoms with Crippen molar-refractivity contribution in [2.45, 2.75) is 6.54 Å². The van der Waals surface area contributed by atoms with Gasteiger partial charge in [0, 0.05) is 24.5 Å². The van der Waals surface area contributed by atoms with Crippen LogP contribution in [0.25, 0.3) is 16.2 Å². The zero-order chi connectivity index (χ0) is 21.8. The van der Waals surface area contributed by atoms with E-state index in [1.54, 1.807) is 30.8 Å². The second kappa shape index (κ2) is 8.96. The number of nitrogens with zero attached hydrogens (tertiary/aromatic N) is 3. The Balaban J connectivity index is 1.47. The molecule has 156 valence electrons. The van der Waals surface area contributed by atoms with Crippen LogP contribution in [0.15, 0.2) is 85.3 Å². The van der Waals surface area contributed by atoms with Crippen molar-refractivity contribution in [1.29, 1.82) is 0 Å². The number of thiophene rings is 1. The highest BCUT2D eigenvalue weighted by molar-refractivity contribution is 7.16. The number of anilines is 1. The third kappa shape index (κ3) is 4.20. The first-order chi connectivity index (χ1) is 15.8. The summed E-state index contributed by atoms with van der Waals surface area (Å²) in [5.74, 6) is 8.25. The Labute approximate surface area is 190 Å². The molecular formula is C26H20N4OS. The Morgan fingerprint density at radius 1 is 1.03 bits per heavy atom. The van der Waals surface area contributed by atoms with E-state index in [-0.39, 0.29) is 0 Å². The maximum atomic E-state index is 5.35. The van der Waals surface area contributed by atoms with E-state index in [4.69, 9.17) is 9.72 Å². The summed E-state index contributed by atoms with van der Waals surface area (Å²) in [6.07, 6.45) is 5.45.